The van der Waals surface area contributed by atoms with Crippen molar-refractivity contribution in [3.8, 4) is 5.75 Å². The van der Waals surface area contributed by atoms with E-state index in [9.17, 15) is 9.18 Å². The van der Waals surface area contributed by atoms with Crippen molar-refractivity contribution in [2.45, 2.75) is 51.0 Å². The van der Waals surface area contributed by atoms with Crippen LogP contribution < -0.4 is 10.1 Å². The summed E-state index contributed by atoms with van der Waals surface area (Å²) in [6.07, 6.45) is 8.17. The average molecular weight is 334 g/mol. The molecule has 0 aromatic heterocycles. The summed E-state index contributed by atoms with van der Waals surface area (Å²) >= 11 is 0. The molecule has 4 nitrogen and oxygen atoms in total. The first-order valence-corrected chi connectivity index (χ1v) is 9.16. The highest BCUT2D eigenvalue weighted by Crippen LogP contribution is 2.27. The van der Waals surface area contributed by atoms with E-state index in [1.807, 2.05) is 4.90 Å². The highest BCUT2D eigenvalue weighted by Gasteiger charge is 2.24. The standard InChI is InChI=1S/C19H27FN2O2/c20-16-5-7-17(8-6-16)24-18-10-13-22(14-11-18)19(23)21-12-9-15-3-1-2-4-15/h5-8,15,18H,1-4,9-14H2,(H,21,23). The lowest BCUT2D eigenvalue weighted by Gasteiger charge is -2.32. The predicted molar refractivity (Wildman–Crippen MR) is 91.6 cm³/mol. The van der Waals surface area contributed by atoms with E-state index < -0.39 is 0 Å². The fourth-order valence-corrected chi connectivity index (χ4v) is 3.68. The average Bonchev–Trinajstić information content (AvgIpc) is 3.11. The Morgan fingerprint density at radius 2 is 1.79 bits per heavy atom. The summed E-state index contributed by atoms with van der Waals surface area (Å²) in [5.41, 5.74) is 0. The van der Waals surface area contributed by atoms with Crippen LogP contribution in [0.3, 0.4) is 0 Å². The molecule has 24 heavy (non-hydrogen) atoms. The van der Waals surface area contributed by atoms with Gasteiger partial charge in [-0.05, 0) is 36.6 Å². The molecule has 1 aromatic rings. The molecule has 1 saturated carbocycles. The molecule has 2 aliphatic rings. The van der Waals surface area contributed by atoms with Crippen molar-refractivity contribution < 1.29 is 13.9 Å². The number of nitrogens with one attached hydrogen (secondary N) is 1. The number of nitrogens with zero attached hydrogens (tertiary/aromatic N) is 1. The van der Waals surface area contributed by atoms with Crippen LogP contribution in [0.4, 0.5) is 9.18 Å². The summed E-state index contributed by atoms with van der Waals surface area (Å²) in [7, 11) is 0. The fourth-order valence-electron chi connectivity index (χ4n) is 3.68. The quantitative estimate of drug-likeness (QED) is 0.885. The Balaban J connectivity index is 1.34. The second-order valence-electron chi connectivity index (χ2n) is 6.93. The topological polar surface area (TPSA) is 41.6 Å². The van der Waals surface area contributed by atoms with E-state index in [0.717, 1.165) is 31.7 Å². The number of carbonyl (C=O) groups excluding carboxylic acids is 1. The van der Waals surface area contributed by atoms with E-state index in [-0.39, 0.29) is 18.0 Å². The van der Waals surface area contributed by atoms with E-state index >= 15 is 0 Å². The molecular weight excluding hydrogens is 307 g/mol. The Kier molecular flexibility index (Phi) is 5.94. The lowest BCUT2D eigenvalue weighted by atomic mass is 10.0. The van der Waals surface area contributed by atoms with Gasteiger partial charge in [0, 0.05) is 32.5 Å². The Bertz CT molecular complexity index is 521. The zero-order chi connectivity index (χ0) is 16.8. The summed E-state index contributed by atoms with van der Waals surface area (Å²) in [6, 6.07) is 6.16. The summed E-state index contributed by atoms with van der Waals surface area (Å²) in [4.78, 5) is 14.1. The Labute approximate surface area is 143 Å². The van der Waals surface area contributed by atoms with Gasteiger partial charge in [-0.3, -0.25) is 0 Å². The van der Waals surface area contributed by atoms with Crippen molar-refractivity contribution in [3.05, 3.63) is 30.1 Å². The van der Waals surface area contributed by atoms with E-state index in [2.05, 4.69) is 5.32 Å². The van der Waals surface area contributed by atoms with E-state index in [1.54, 1.807) is 12.1 Å². The number of likely N-dealkylation sites (tertiary alicyclic amines) is 1. The molecule has 1 saturated heterocycles. The molecule has 1 N–H and O–H groups in total. The van der Waals surface area contributed by atoms with Gasteiger partial charge in [0.05, 0.1) is 0 Å². The van der Waals surface area contributed by atoms with Crippen LogP contribution in [0.2, 0.25) is 0 Å². The third kappa shape index (κ3) is 4.86. The van der Waals surface area contributed by atoms with Crippen molar-refractivity contribution in [1.29, 1.82) is 0 Å². The first-order valence-electron chi connectivity index (χ1n) is 9.16. The number of rotatable bonds is 5. The van der Waals surface area contributed by atoms with Gasteiger partial charge in [0.1, 0.15) is 17.7 Å². The number of piperidine rings is 1. The predicted octanol–water partition coefficient (Wildman–Crippen LogP) is 3.96. The van der Waals surface area contributed by atoms with Gasteiger partial charge in [-0.1, -0.05) is 25.7 Å². The minimum absolute atomic E-state index is 0.0493. The molecule has 1 heterocycles. The fraction of sp³-hybridized carbons (Fsp3) is 0.632. The molecule has 0 atom stereocenters. The van der Waals surface area contributed by atoms with E-state index in [4.69, 9.17) is 4.74 Å². The number of halogens is 1. The molecule has 2 amide bonds. The van der Waals surface area contributed by atoms with Crippen LogP contribution in [0.25, 0.3) is 0 Å². The molecule has 0 spiro atoms. The zero-order valence-corrected chi connectivity index (χ0v) is 14.2. The Morgan fingerprint density at radius 1 is 1.12 bits per heavy atom. The molecular formula is C19H27FN2O2. The molecule has 132 valence electrons. The largest absolute Gasteiger partial charge is 0.490 e. The molecule has 0 bridgehead atoms. The van der Waals surface area contributed by atoms with Crippen LogP contribution in [-0.2, 0) is 0 Å². The monoisotopic (exact) mass is 334 g/mol. The highest BCUT2D eigenvalue weighted by atomic mass is 19.1. The SMILES string of the molecule is O=C(NCCC1CCCC1)N1CCC(Oc2ccc(F)cc2)CC1. The van der Waals surface area contributed by atoms with Crippen molar-refractivity contribution in [2.75, 3.05) is 19.6 Å². The van der Waals surface area contributed by atoms with Crippen LogP contribution in [0.1, 0.15) is 44.9 Å². The minimum Gasteiger partial charge on any atom is -0.490 e. The lowest BCUT2D eigenvalue weighted by molar-refractivity contribution is 0.111. The van der Waals surface area contributed by atoms with Crippen LogP contribution in [0, 0.1) is 11.7 Å². The molecule has 3 rings (SSSR count). The summed E-state index contributed by atoms with van der Waals surface area (Å²) in [6.45, 7) is 2.21. The maximum atomic E-state index is 12.9. The van der Waals surface area contributed by atoms with Crippen LogP contribution >= 0.6 is 0 Å². The van der Waals surface area contributed by atoms with Gasteiger partial charge < -0.3 is 15.0 Å². The summed E-state index contributed by atoms with van der Waals surface area (Å²) in [5.74, 6) is 1.24. The number of ether oxygens (including phenoxy) is 1. The van der Waals surface area contributed by atoms with Gasteiger partial charge in [0.25, 0.3) is 0 Å². The number of hydrogen-bond acceptors (Lipinski definition) is 2. The second-order valence-corrected chi connectivity index (χ2v) is 6.93. The molecule has 0 radical (unpaired) electrons. The molecule has 1 aromatic carbocycles. The first kappa shape index (κ1) is 17.1. The molecule has 0 unspecified atom stereocenters. The number of benzene rings is 1. The van der Waals surface area contributed by atoms with Crippen molar-refractivity contribution in [2.24, 2.45) is 5.92 Å². The lowest BCUT2D eigenvalue weighted by Crippen LogP contribution is -2.46. The van der Waals surface area contributed by atoms with Gasteiger partial charge in [-0.25, -0.2) is 9.18 Å². The third-order valence-corrected chi connectivity index (χ3v) is 5.15. The van der Waals surface area contributed by atoms with Crippen LogP contribution in [-0.4, -0.2) is 36.7 Å². The van der Waals surface area contributed by atoms with Gasteiger partial charge in [0.15, 0.2) is 0 Å². The number of amides is 2. The first-order chi connectivity index (χ1) is 11.7. The van der Waals surface area contributed by atoms with Gasteiger partial charge >= 0.3 is 6.03 Å². The minimum atomic E-state index is -0.258. The highest BCUT2D eigenvalue weighted by molar-refractivity contribution is 5.74. The van der Waals surface area contributed by atoms with Gasteiger partial charge in [-0.2, -0.15) is 0 Å². The van der Waals surface area contributed by atoms with Crippen molar-refractivity contribution in [3.63, 3.8) is 0 Å². The molecule has 2 fully saturated rings. The smallest absolute Gasteiger partial charge is 0.317 e. The number of carbonyl (C=O) groups is 1. The number of hydrogen-bond donors (Lipinski definition) is 1. The Morgan fingerprint density at radius 3 is 2.46 bits per heavy atom. The summed E-state index contributed by atoms with van der Waals surface area (Å²) in [5, 5.41) is 3.05. The van der Waals surface area contributed by atoms with Gasteiger partial charge in [-0.15, -0.1) is 0 Å². The second kappa shape index (κ2) is 8.36. The van der Waals surface area contributed by atoms with E-state index in [0.29, 0.717) is 18.8 Å². The zero-order valence-electron chi connectivity index (χ0n) is 14.2. The van der Waals surface area contributed by atoms with Crippen LogP contribution in [0.5, 0.6) is 5.75 Å². The van der Waals surface area contributed by atoms with Gasteiger partial charge in [0.2, 0.25) is 0 Å². The molecule has 1 aliphatic carbocycles. The normalized spacial score (nSPS) is 19.5. The maximum Gasteiger partial charge on any atom is 0.317 e. The number of urea groups is 1. The van der Waals surface area contributed by atoms with Crippen LogP contribution in [0.15, 0.2) is 24.3 Å². The van der Waals surface area contributed by atoms with Crippen molar-refractivity contribution in [1.82, 2.24) is 10.2 Å². The molecule has 5 heteroatoms. The van der Waals surface area contributed by atoms with E-state index in [1.165, 1.54) is 37.8 Å². The third-order valence-electron chi connectivity index (χ3n) is 5.15. The maximum absolute atomic E-state index is 12.9. The summed E-state index contributed by atoms with van der Waals surface area (Å²) < 4.78 is 18.8. The Hall–Kier alpha value is -1.78. The molecule has 1 aliphatic heterocycles. The van der Waals surface area contributed by atoms with Crippen molar-refractivity contribution >= 4 is 6.03 Å².